The Morgan fingerprint density at radius 3 is 2.90 bits per heavy atom. The molecule has 0 aliphatic rings. The minimum atomic E-state index is 0.111. The van der Waals surface area contributed by atoms with Gasteiger partial charge in [0.2, 0.25) is 0 Å². The van der Waals surface area contributed by atoms with Gasteiger partial charge < -0.3 is 5.32 Å². The van der Waals surface area contributed by atoms with Crippen molar-refractivity contribution in [1.82, 2.24) is 10.2 Å². The van der Waals surface area contributed by atoms with Crippen LogP contribution >= 0.6 is 0 Å². The second-order valence-corrected chi connectivity index (χ2v) is 5.73. The SMILES string of the molecule is CC(C)(CCC#N)CNc1cccc(-c2ccn[nH]2)c1. The number of benzene rings is 1. The Labute approximate surface area is 119 Å². The highest BCUT2D eigenvalue weighted by Crippen LogP contribution is 2.25. The van der Waals surface area contributed by atoms with Gasteiger partial charge in [-0.2, -0.15) is 10.4 Å². The number of rotatable bonds is 6. The maximum absolute atomic E-state index is 8.68. The van der Waals surface area contributed by atoms with E-state index in [0.717, 1.165) is 29.9 Å². The van der Waals surface area contributed by atoms with Crippen LogP contribution in [0.2, 0.25) is 0 Å². The molecule has 0 unspecified atom stereocenters. The molecule has 0 saturated carbocycles. The first kappa shape index (κ1) is 14.1. The van der Waals surface area contributed by atoms with E-state index in [4.69, 9.17) is 5.26 Å². The van der Waals surface area contributed by atoms with Crippen LogP contribution < -0.4 is 5.32 Å². The van der Waals surface area contributed by atoms with Crippen molar-refractivity contribution in [3.8, 4) is 17.3 Å². The van der Waals surface area contributed by atoms with Crippen LogP contribution in [0.25, 0.3) is 11.3 Å². The quantitative estimate of drug-likeness (QED) is 0.837. The van der Waals surface area contributed by atoms with Gasteiger partial charge in [0.05, 0.1) is 11.8 Å². The molecule has 1 aromatic carbocycles. The average molecular weight is 268 g/mol. The Morgan fingerprint density at radius 1 is 1.35 bits per heavy atom. The van der Waals surface area contributed by atoms with Crippen LogP contribution in [-0.4, -0.2) is 16.7 Å². The van der Waals surface area contributed by atoms with E-state index in [1.54, 1.807) is 6.20 Å². The molecular weight excluding hydrogens is 248 g/mol. The third-order valence-corrected chi connectivity index (χ3v) is 3.36. The molecule has 0 saturated heterocycles. The number of aromatic nitrogens is 2. The van der Waals surface area contributed by atoms with E-state index >= 15 is 0 Å². The highest BCUT2D eigenvalue weighted by molar-refractivity contribution is 5.64. The lowest BCUT2D eigenvalue weighted by atomic mass is 9.88. The van der Waals surface area contributed by atoms with Crippen molar-refractivity contribution in [2.24, 2.45) is 5.41 Å². The Bertz CT molecular complexity index is 579. The van der Waals surface area contributed by atoms with Crippen molar-refractivity contribution in [1.29, 1.82) is 5.26 Å². The smallest absolute Gasteiger partial charge is 0.0650 e. The van der Waals surface area contributed by atoms with E-state index in [2.05, 4.69) is 53.6 Å². The largest absolute Gasteiger partial charge is 0.384 e. The fourth-order valence-electron chi connectivity index (χ4n) is 2.04. The Kier molecular flexibility index (Phi) is 4.41. The number of nitriles is 1. The summed E-state index contributed by atoms with van der Waals surface area (Å²) in [7, 11) is 0. The Balaban J connectivity index is 2.00. The fourth-order valence-corrected chi connectivity index (χ4v) is 2.04. The summed E-state index contributed by atoms with van der Waals surface area (Å²) >= 11 is 0. The van der Waals surface area contributed by atoms with E-state index in [9.17, 15) is 0 Å². The van der Waals surface area contributed by atoms with Gasteiger partial charge in [-0.05, 0) is 30.0 Å². The van der Waals surface area contributed by atoms with Crippen molar-refractivity contribution in [2.45, 2.75) is 26.7 Å². The van der Waals surface area contributed by atoms with Gasteiger partial charge in [0.15, 0.2) is 0 Å². The van der Waals surface area contributed by atoms with Gasteiger partial charge in [-0.15, -0.1) is 0 Å². The van der Waals surface area contributed by atoms with Crippen molar-refractivity contribution in [3.05, 3.63) is 36.5 Å². The molecule has 0 spiro atoms. The molecule has 1 aromatic heterocycles. The van der Waals surface area contributed by atoms with E-state index < -0.39 is 0 Å². The van der Waals surface area contributed by atoms with E-state index in [1.165, 1.54) is 0 Å². The highest BCUT2D eigenvalue weighted by Gasteiger charge is 2.17. The second-order valence-electron chi connectivity index (χ2n) is 5.73. The highest BCUT2D eigenvalue weighted by atomic mass is 15.1. The molecule has 104 valence electrons. The van der Waals surface area contributed by atoms with E-state index in [1.807, 2.05) is 12.1 Å². The first-order valence-corrected chi connectivity index (χ1v) is 6.81. The van der Waals surface area contributed by atoms with Crippen LogP contribution in [0.5, 0.6) is 0 Å². The molecule has 0 aliphatic carbocycles. The van der Waals surface area contributed by atoms with Gasteiger partial charge in [0.1, 0.15) is 0 Å². The number of H-pyrrole nitrogens is 1. The molecule has 2 N–H and O–H groups in total. The predicted octanol–water partition coefficient (Wildman–Crippen LogP) is 3.82. The molecule has 0 bridgehead atoms. The predicted molar refractivity (Wildman–Crippen MR) is 81.1 cm³/mol. The maximum Gasteiger partial charge on any atom is 0.0650 e. The summed E-state index contributed by atoms with van der Waals surface area (Å²) in [5.41, 5.74) is 3.32. The monoisotopic (exact) mass is 268 g/mol. The Morgan fingerprint density at radius 2 is 2.20 bits per heavy atom. The van der Waals surface area contributed by atoms with Crippen LogP contribution in [0.4, 0.5) is 5.69 Å². The molecule has 0 fully saturated rings. The lowest BCUT2D eigenvalue weighted by molar-refractivity contribution is 0.364. The number of hydrogen-bond donors (Lipinski definition) is 2. The number of anilines is 1. The molecule has 0 radical (unpaired) electrons. The number of nitrogens with zero attached hydrogens (tertiary/aromatic N) is 2. The zero-order valence-corrected chi connectivity index (χ0v) is 12.0. The van der Waals surface area contributed by atoms with Crippen LogP contribution in [-0.2, 0) is 0 Å². The van der Waals surface area contributed by atoms with E-state index in [0.29, 0.717) is 6.42 Å². The summed E-state index contributed by atoms with van der Waals surface area (Å²) in [6, 6.07) is 12.4. The summed E-state index contributed by atoms with van der Waals surface area (Å²) in [5, 5.41) is 19.1. The van der Waals surface area contributed by atoms with Gasteiger partial charge >= 0.3 is 0 Å². The van der Waals surface area contributed by atoms with Gasteiger partial charge in [-0.1, -0.05) is 26.0 Å². The third-order valence-electron chi connectivity index (χ3n) is 3.36. The standard InChI is InChI=1S/C16H20N4/c1-16(2,8-4-9-17)12-18-14-6-3-5-13(11-14)15-7-10-19-20-15/h3,5-7,10-11,18H,4,8,12H2,1-2H3,(H,19,20). The first-order valence-electron chi connectivity index (χ1n) is 6.81. The zero-order valence-electron chi connectivity index (χ0n) is 12.0. The minimum absolute atomic E-state index is 0.111. The summed E-state index contributed by atoms with van der Waals surface area (Å²) < 4.78 is 0. The topological polar surface area (TPSA) is 64.5 Å². The fraction of sp³-hybridized carbons (Fsp3) is 0.375. The van der Waals surface area contributed by atoms with Crippen molar-refractivity contribution >= 4 is 5.69 Å². The molecule has 0 amide bonds. The van der Waals surface area contributed by atoms with Crippen molar-refractivity contribution < 1.29 is 0 Å². The van der Waals surface area contributed by atoms with Crippen molar-refractivity contribution in [2.75, 3.05) is 11.9 Å². The van der Waals surface area contributed by atoms with Crippen LogP contribution in [0.3, 0.4) is 0 Å². The zero-order chi connectivity index (χ0) is 14.4. The van der Waals surface area contributed by atoms with Crippen molar-refractivity contribution in [3.63, 3.8) is 0 Å². The molecule has 0 aliphatic heterocycles. The van der Waals surface area contributed by atoms with Gasteiger partial charge in [0, 0.05) is 30.4 Å². The van der Waals surface area contributed by atoms with Crippen LogP contribution in [0, 0.1) is 16.7 Å². The molecule has 1 heterocycles. The Hall–Kier alpha value is -2.28. The molecule has 0 atom stereocenters. The minimum Gasteiger partial charge on any atom is -0.384 e. The summed E-state index contributed by atoms with van der Waals surface area (Å²) in [4.78, 5) is 0. The van der Waals surface area contributed by atoms with Gasteiger partial charge in [0.25, 0.3) is 0 Å². The molecule has 4 heteroatoms. The van der Waals surface area contributed by atoms with Gasteiger partial charge in [-0.25, -0.2) is 0 Å². The number of nitrogens with one attached hydrogen (secondary N) is 2. The van der Waals surface area contributed by atoms with Gasteiger partial charge in [-0.3, -0.25) is 5.10 Å². The summed E-state index contributed by atoms with van der Waals surface area (Å²) in [5.74, 6) is 0. The first-order chi connectivity index (χ1) is 9.61. The number of hydrogen-bond acceptors (Lipinski definition) is 3. The second kappa shape index (κ2) is 6.25. The molecule has 20 heavy (non-hydrogen) atoms. The molecule has 2 aromatic rings. The maximum atomic E-state index is 8.68. The number of aromatic amines is 1. The molecule has 2 rings (SSSR count). The lowest BCUT2D eigenvalue weighted by Crippen LogP contribution is -2.22. The van der Waals surface area contributed by atoms with Crippen LogP contribution in [0.15, 0.2) is 36.5 Å². The normalized spacial score (nSPS) is 11.1. The molecular formula is C16H20N4. The van der Waals surface area contributed by atoms with Crippen LogP contribution in [0.1, 0.15) is 26.7 Å². The average Bonchev–Trinajstić information content (AvgIpc) is 2.98. The lowest BCUT2D eigenvalue weighted by Gasteiger charge is -2.24. The molecule has 4 nitrogen and oxygen atoms in total. The third kappa shape index (κ3) is 3.86. The summed E-state index contributed by atoms with van der Waals surface area (Å²) in [6.07, 6.45) is 3.25. The van der Waals surface area contributed by atoms with E-state index in [-0.39, 0.29) is 5.41 Å². The summed E-state index contributed by atoms with van der Waals surface area (Å²) in [6.45, 7) is 5.20.